The van der Waals surface area contributed by atoms with Crippen molar-refractivity contribution in [3.63, 3.8) is 0 Å². The lowest BCUT2D eigenvalue weighted by Crippen LogP contribution is -2.21. The molecule has 1 heterocycles. The van der Waals surface area contributed by atoms with Crippen LogP contribution in [0.4, 0.5) is 0 Å². The highest BCUT2D eigenvalue weighted by Crippen LogP contribution is 2.21. The maximum absolute atomic E-state index is 9.71. The lowest BCUT2D eigenvalue weighted by molar-refractivity contribution is -0.0152. The van der Waals surface area contributed by atoms with Gasteiger partial charge in [0.2, 0.25) is 0 Å². The molecule has 2 atom stereocenters. The summed E-state index contributed by atoms with van der Waals surface area (Å²) in [4.78, 5) is 4.15. The first-order valence-corrected chi connectivity index (χ1v) is 5.04. The van der Waals surface area contributed by atoms with Gasteiger partial charge in [0.25, 0.3) is 0 Å². The van der Waals surface area contributed by atoms with Crippen molar-refractivity contribution in [2.45, 2.75) is 12.2 Å². The van der Waals surface area contributed by atoms with E-state index in [9.17, 15) is 10.2 Å². The molecule has 16 heavy (non-hydrogen) atoms. The molecule has 84 valence electrons. The van der Waals surface area contributed by atoms with Gasteiger partial charge >= 0.3 is 0 Å². The van der Waals surface area contributed by atoms with E-state index in [1.165, 1.54) is 0 Å². The minimum absolute atomic E-state index is 0.471. The number of nitrogens with zero attached hydrogens (tertiary/aromatic N) is 1. The predicted molar refractivity (Wildman–Crippen MR) is 59.8 cm³/mol. The van der Waals surface area contributed by atoms with Crippen LogP contribution in [0.2, 0.25) is 0 Å². The van der Waals surface area contributed by atoms with Crippen LogP contribution in [-0.2, 0) is 0 Å². The van der Waals surface area contributed by atoms with Gasteiger partial charge in [-0.25, -0.2) is 0 Å². The minimum atomic E-state index is -1.17. The summed E-state index contributed by atoms with van der Waals surface area (Å²) in [6, 6.07) is 9.00. The molecule has 0 aliphatic carbocycles. The van der Waals surface area contributed by atoms with Gasteiger partial charge in [-0.3, -0.25) is 4.98 Å². The van der Waals surface area contributed by atoms with Gasteiger partial charge in [0.1, 0.15) is 12.2 Å². The Morgan fingerprint density at radius 3 is 2.75 bits per heavy atom. The van der Waals surface area contributed by atoms with E-state index in [-0.39, 0.29) is 0 Å². The average Bonchev–Trinajstić information content (AvgIpc) is 2.36. The van der Waals surface area contributed by atoms with Gasteiger partial charge in [-0.2, -0.15) is 0 Å². The molecule has 0 saturated heterocycles. The van der Waals surface area contributed by atoms with Crippen molar-refractivity contribution in [2.75, 3.05) is 6.61 Å². The van der Waals surface area contributed by atoms with Crippen LogP contribution in [0, 0.1) is 0 Å². The van der Waals surface area contributed by atoms with E-state index in [2.05, 4.69) is 4.98 Å². The predicted octanol–water partition coefficient (Wildman–Crippen LogP) is 0.621. The largest absolute Gasteiger partial charge is 0.394 e. The highest BCUT2D eigenvalue weighted by molar-refractivity contribution is 5.78. The van der Waals surface area contributed by atoms with Crippen molar-refractivity contribution >= 4 is 10.9 Å². The smallest absolute Gasteiger partial charge is 0.107 e. The van der Waals surface area contributed by atoms with Crippen LogP contribution in [0.3, 0.4) is 0 Å². The Labute approximate surface area is 92.8 Å². The summed E-state index contributed by atoms with van der Waals surface area (Å²) in [7, 11) is 0. The number of pyridine rings is 1. The molecule has 1 aromatic heterocycles. The highest BCUT2D eigenvalue weighted by Gasteiger charge is 2.17. The normalized spacial score (nSPS) is 14.9. The van der Waals surface area contributed by atoms with E-state index in [0.29, 0.717) is 5.56 Å². The molecule has 4 heteroatoms. The summed E-state index contributed by atoms with van der Waals surface area (Å²) in [6.07, 6.45) is -0.585. The summed E-state index contributed by atoms with van der Waals surface area (Å²) < 4.78 is 0. The maximum atomic E-state index is 9.71. The van der Waals surface area contributed by atoms with Crippen LogP contribution in [0.5, 0.6) is 0 Å². The molecule has 0 radical (unpaired) electrons. The molecule has 4 nitrogen and oxygen atoms in total. The molecule has 0 aliphatic rings. The Balaban J connectivity index is 2.39. The molecule has 0 spiro atoms. The van der Waals surface area contributed by atoms with Crippen molar-refractivity contribution in [3.05, 3.63) is 42.1 Å². The number of aromatic nitrogens is 1. The third-order valence-electron chi connectivity index (χ3n) is 2.52. The van der Waals surface area contributed by atoms with Crippen molar-refractivity contribution < 1.29 is 15.3 Å². The minimum Gasteiger partial charge on any atom is -0.394 e. The third kappa shape index (κ3) is 2.04. The maximum Gasteiger partial charge on any atom is 0.107 e. The summed E-state index contributed by atoms with van der Waals surface area (Å²) >= 11 is 0. The molecule has 3 N–H and O–H groups in total. The van der Waals surface area contributed by atoms with E-state index in [4.69, 9.17) is 5.11 Å². The fourth-order valence-electron chi connectivity index (χ4n) is 1.59. The molecule has 1 aromatic carbocycles. The SMILES string of the molecule is OCC(O)C(O)c1ccc2cccnc2c1. The van der Waals surface area contributed by atoms with Gasteiger partial charge in [-0.15, -0.1) is 0 Å². The first-order valence-electron chi connectivity index (χ1n) is 5.04. The van der Waals surface area contributed by atoms with E-state index in [1.807, 2.05) is 18.2 Å². The van der Waals surface area contributed by atoms with Gasteiger partial charge in [0, 0.05) is 11.6 Å². The molecule has 2 unspecified atom stereocenters. The summed E-state index contributed by atoms with van der Waals surface area (Å²) in [5, 5.41) is 28.8. The van der Waals surface area contributed by atoms with Gasteiger partial charge < -0.3 is 15.3 Å². The number of fused-ring (bicyclic) bond motifs is 1. The first kappa shape index (κ1) is 11.0. The Morgan fingerprint density at radius 1 is 1.19 bits per heavy atom. The molecule has 0 aliphatic heterocycles. The first-order chi connectivity index (χ1) is 7.72. The van der Waals surface area contributed by atoms with Crippen LogP contribution in [0.1, 0.15) is 11.7 Å². The molecule has 2 rings (SSSR count). The molecule has 0 saturated carbocycles. The van der Waals surface area contributed by atoms with Gasteiger partial charge in [0.05, 0.1) is 12.1 Å². The summed E-state index contributed by atoms with van der Waals surface area (Å²) in [5.74, 6) is 0. The van der Waals surface area contributed by atoms with Crippen molar-refractivity contribution in [1.29, 1.82) is 0 Å². The zero-order chi connectivity index (χ0) is 11.5. The number of aliphatic hydroxyl groups is 3. The average molecular weight is 219 g/mol. The second kappa shape index (κ2) is 4.57. The molecular formula is C12H13NO3. The number of hydrogen-bond donors (Lipinski definition) is 3. The lowest BCUT2D eigenvalue weighted by atomic mass is 10.0. The van der Waals surface area contributed by atoms with E-state index < -0.39 is 18.8 Å². The van der Waals surface area contributed by atoms with Gasteiger partial charge in [-0.1, -0.05) is 18.2 Å². The third-order valence-corrected chi connectivity index (χ3v) is 2.52. The Morgan fingerprint density at radius 2 is 2.00 bits per heavy atom. The molecular weight excluding hydrogens is 206 g/mol. The molecule has 0 amide bonds. The number of aliphatic hydroxyl groups excluding tert-OH is 3. The Kier molecular flexibility index (Phi) is 3.14. The monoisotopic (exact) mass is 219 g/mol. The van der Waals surface area contributed by atoms with Crippen molar-refractivity contribution in [3.8, 4) is 0 Å². The van der Waals surface area contributed by atoms with Crippen LogP contribution >= 0.6 is 0 Å². The van der Waals surface area contributed by atoms with E-state index >= 15 is 0 Å². The standard InChI is InChI=1S/C12H13NO3/c14-7-11(15)12(16)9-4-3-8-2-1-5-13-10(8)6-9/h1-6,11-12,14-16H,7H2. The fourth-order valence-corrected chi connectivity index (χ4v) is 1.59. The second-order valence-corrected chi connectivity index (χ2v) is 3.65. The topological polar surface area (TPSA) is 73.6 Å². The summed E-state index contributed by atoms with van der Waals surface area (Å²) in [5.41, 5.74) is 1.30. The quantitative estimate of drug-likeness (QED) is 0.707. The van der Waals surface area contributed by atoms with E-state index in [0.717, 1.165) is 10.9 Å². The van der Waals surface area contributed by atoms with Crippen molar-refractivity contribution in [1.82, 2.24) is 4.98 Å². The Hall–Kier alpha value is -1.49. The molecule has 0 fully saturated rings. The number of benzene rings is 1. The van der Waals surface area contributed by atoms with Crippen LogP contribution in [-0.4, -0.2) is 33.0 Å². The highest BCUT2D eigenvalue weighted by atomic mass is 16.4. The van der Waals surface area contributed by atoms with Crippen LogP contribution in [0.15, 0.2) is 36.5 Å². The number of hydrogen-bond acceptors (Lipinski definition) is 4. The lowest BCUT2D eigenvalue weighted by Gasteiger charge is -2.16. The van der Waals surface area contributed by atoms with Crippen LogP contribution < -0.4 is 0 Å². The molecule has 0 bridgehead atoms. The zero-order valence-corrected chi connectivity index (χ0v) is 8.61. The van der Waals surface area contributed by atoms with Crippen LogP contribution in [0.25, 0.3) is 10.9 Å². The fraction of sp³-hybridized carbons (Fsp3) is 0.250. The second-order valence-electron chi connectivity index (χ2n) is 3.65. The van der Waals surface area contributed by atoms with Gasteiger partial charge in [-0.05, 0) is 17.7 Å². The Bertz CT molecular complexity index is 486. The summed E-state index contributed by atoms with van der Waals surface area (Å²) in [6.45, 7) is -0.471. The zero-order valence-electron chi connectivity index (χ0n) is 8.61. The van der Waals surface area contributed by atoms with Crippen molar-refractivity contribution in [2.24, 2.45) is 0 Å². The van der Waals surface area contributed by atoms with E-state index in [1.54, 1.807) is 18.3 Å². The number of rotatable bonds is 3. The molecule has 2 aromatic rings. The van der Waals surface area contributed by atoms with Gasteiger partial charge in [0.15, 0.2) is 0 Å².